The lowest BCUT2D eigenvalue weighted by molar-refractivity contribution is 0.474. The van der Waals surface area contributed by atoms with E-state index < -0.39 is 11.6 Å². The van der Waals surface area contributed by atoms with E-state index in [2.05, 4.69) is 6.07 Å². The summed E-state index contributed by atoms with van der Waals surface area (Å²) in [4.78, 5) is 1.64. The van der Waals surface area contributed by atoms with Gasteiger partial charge in [-0.05, 0) is 18.1 Å². The van der Waals surface area contributed by atoms with E-state index in [1.165, 1.54) is 12.1 Å². The molecule has 0 bridgehead atoms. The second-order valence-electron chi connectivity index (χ2n) is 4.46. The van der Waals surface area contributed by atoms with Crippen molar-refractivity contribution >= 4 is 5.69 Å². The van der Waals surface area contributed by atoms with Gasteiger partial charge in [0, 0.05) is 19.7 Å². The van der Waals surface area contributed by atoms with Gasteiger partial charge in [0.25, 0.3) is 0 Å². The van der Waals surface area contributed by atoms with Crippen LogP contribution in [0, 0.1) is 34.8 Å². The molecule has 1 aromatic rings. The Balaban J connectivity index is 2.83. The molecule has 0 aliphatic carbocycles. The number of hydrogen-bond donors (Lipinski definition) is 0. The molecule has 0 heterocycles. The van der Waals surface area contributed by atoms with E-state index in [1.807, 2.05) is 13.8 Å². The third kappa shape index (κ3) is 3.42. The summed E-state index contributed by atoms with van der Waals surface area (Å²) < 4.78 is 26.2. The predicted molar refractivity (Wildman–Crippen MR) is 63.6 cm³/mol. The summed E-state index contributed by atoms with van der Waals surface area (Å²) in [6.45, 7) is 4.32. The Hall–Kier alpha value is -1.63. The van der Waals surface area contributed by atoms with Gasteiger partial charge < -0.3 is 4.90 Å². The maximum Gasteiger partial charge on any atom is 0.149 e. The average Bonchev–Trinajstić information content (AvgIpc) is 2.24. The normalized spacial score (nSPS) is 12.3. The quantitative estimate of drug-likeness (QED) is 0.805. The molecule has 0 aliphatic heterocycles. The van der Waals surface area contributed by atoms with Crippen molar-refractivity contribution in [1.29, 1.82) is 5.26 Å². The second kappa shape index (κ2) is 5.62. The summed E-state index contributed by atoms with van der Waals surface area (Å²) in [6, 6.07) is 5.65. The molecule has 0 amide bonds. The molecule has 0 spiro atoms. The molecule has 0 radical (unpaired) electrons. The largest absolute Gasteiger partial charge is 0.371 e. The zero-order valence-electron chi connectivity index (χ0n) is 10.2. The Bertz CT molecular complexity index is 424. The van der Waals surface area contributed by atoms with Gasteiger partial charge in [0.05, 0.1) is 17.7 Å². The Kier molecular flexibility index (Phi) is 4.45. The van der Waals surface area contributed by atoms with Crippen molar-refractivity contribution in [2.75, 3.05) is 18.5 Å². The first-order chi connectivity index (χ1) is 7.95. The van der Waals surface area contributed by atoms with Crippen LogP contribution in [0.4, 0.5) is 14.5 Å². The lowest BCUT2D eigenvalue weighted by atomic mass is 9.97. The van der Waals surface area contributed by atoms with Gasteiger partial charge in [0.15, 0.2) is 0 Å². The smallest absolute Gasteiger partial charge is 0.149 e. The van der Waals surface area contributed by atoms with Crippen LogP contribution in [0.25, 0.3) is 0 Å². The van der Waals surface area contributed by atoms with Gasteiger partial charge in [-0.2, -0.15) is 5.26 Å². The molecule has 17 heavy (non-hydrogen) atoms. The third-order valence-electron chi connectivity index (χ3n) is 2.76. The van der Waals surface area contributed by atoms with Crippen LogP contribution in [0.1, 0.15) is 13.8 Å². The molecular weight excluding hydrogens is 222 g/mol. The first kappa shape index (κ1) is 13.4. The lowest BCUT2D eigenvalue weighted by Gasteiger charge is -2.24. The fraction of sp³-hybridized carbons (Fsp3) is 0.462. The van der Waals surface area contributed by atoms with E-state index in [1.54, 1.807) is 11.9 Å². The molecule has 1 unspecified atom stereocenters. The summed E-state index contributed by atoms with van der Waals surface area (Å²) in [5.41, 5.74) is 0.312. The van der Waals surface area contributed by atoms with Crippen LogP contribution in [-0.4, -0.2) is 13.6 Å². The fourth-order valence-corrected chi connectivity index (χ4v) is 1.58. The van der Waals surface area contributed by atoms with E-state index in [9.17, 15) is 8.78 Å². The molecule has 1 rings (SSSR count). The average molecular weight is 238 g/mol. The number of rotatable bonds is 4. The van der Waals surface area contributed by atoms with Crippen molar-refractivity contribution in [1.82, 2.24) is 0 Å². The second-order valence-corrected chi connectivity index (χ2v) is 4.46. The lowest BCUT2D eigenvalue weighted by Crippen LogP contribution is -2.28. The molecule has 0 N–H and O–H groups in total. The zero-order chi connectivity index (χ0) is 13.0. The number of halogens is 2. The Labute approximate surface area is 100 Å². The van der Waals surface area contributed by atoms with E-state index in [0.29, 0.717) is 12.2 Å². The molecule has 1 aromatic carbocycles. The first-order valence-electron chi connectivity index (χ1n) is 5.51. The Morgan fingerprint density at radius 2 is 2.00 bits per heavy atom. The van der Waals surface area contributed by atoms with Gasteiger partial charge >= 0.3 is 0 Å². The van der Waals surface area contributed by atoms with Crippen LogP contribution in [0.15, 0.2) is 18.2 Å². The SMILES string of the molecule is CC(C)C(C#N)CN(C)c1ccc(F)cc1F. The highest BCUT2D eigenvalue weighted by Gasteiger charge is 2.17. The van der Waals surface area contributed by atoms with E-state index in [4.69, 9.17) is 5.26 Å². The van der Waals surface area contributed by atoms with Crippen LogP contribution in [-0.2, 0) is 0 Å². The van der Waals surface area contributed by atoms with E-state index >= 15 is 0 Å². The van der Waals surface area contributed by atoms with Crippen molar-refractivity contribution in [3.63, 3.8) is 0 Å². The molecule has 0 saturated carbocycles. The first-order valence-corrected chi connectivity index (χ1v) is 5.51. The summed E-state index contributed by atoms with van der Waals surface area (Å²) >= 11 is 0. The Morgan fingerprint density at radius 3 is 2.47 bits per heavy atom. The van der Waals surface area contributed by atoms with Gasteiger partial charge in [0.1, 0.15) is 11.6 Å². The number of anilines is 1. The monoisotopic (exact) mass is 238 g/mol. The molecule has 2 nitrogen and oxygen atoms in total. The van der Waals surface area contributed by atoms with Gasteiger partial charge in [-0.15, -0.1) is 0 Å². The van der Waals surface area contributed by atoms with Crippen LogP contribution in [0.5, 0.6) is 0 Å². The maximum absolute atomic E-state index is 13.5. The van der Waals surface area contributed by atoms with Crippen molar-refractivity contribution in [2.24, 2.45) is 11.8 Å². The number of hydrogen-bond acceptors (Lipinski definition) is 2. The van der Waals surface area contributed by atoms with Crippen LogP contribution >= 0.6 is 0 Å². The summed E-state index contributed by atoms with van der Waals surface area (Å²) in [6.07, 6.45) is 0. The van der Waals surface area contributed by atoms with Crippen LogP contribution in [0.3, 0.4) is 0 Å². The standard InChI is InChI=1S/C13H16F2N2/c1-9(2)10(7-16)8-17(3)13-5-4-11(14)6-12(13)15/h4-6,9-10H,8H2,1-3H3. The Morgan fingerprint density at radius 1 is 1.35 bits per heavy atom. The van der Waals surface area contributed by atoms with Crippen molar-refractivity contribution in [2.45, 2.75) is 13.8 Å². The highest BCUT2D eigenvalue weighted by Crippen LogP contribution is 2.21. The molecular formula is C13H16F2N2. The summed E-state index contributed by atoms with van der Waals surface area (Å²) in [5.74, 6) is -1.18. The fourth-order valence-electron chi connectivity index (χ4n) is 1.58. The minimum Gasteiger partial charge on any atom is -0.371 e. The number of nitriles is 1. The van der Waals surface area contributed by atoms with Crippen LogP contribution < -0.4 is 4.90 Å². The van der Waals surface area contributed by atoms with Gasteiger partial charge in [-0.25, -0.2) is 8.78 Å². The molecule has 0 aliphatic rings. The molecule has 4 heteroatoms. The zero-order valence-corrected chi connectivity index (χ0v) is 10.2. The summed E-state index contributed by atoms with van der Waals surface area (Å²) in [5, 5.41) is 8.98. The molecule has 0 aromatic heterocycles. The van der Waals surface area contributed by atoms with Crippen molar-refractivity contribution < 1.29 is 8.78 Å². The number of benzene rings is 1. The number of nitrogens with zero attached hydrogens (tertiary/aromatic N) is 2. The van der Waals surface area contributed by atoms with Gasteiger partial charge in [-0.1, -0.05) is 13.8 Å². The highest BCUT2D eigenvalue weighted by atomic mass is 19.1. The predicted octanol–water partition coefficient (Wildman–Crippen LogP) is 3.20. The van der Waals surface area contributed by atoms with E-state index in [0.717, 1.165) is 6.07 Å². The van der Waals surface area contributed by atoms with E-state index in [-0.39, 0.29) is 11.8 Å². The summed E-state index contributed by atoms with van der Waals surface area (Å²) in [7, 11) is 1.70. The van der Waals surface area contributed by atoms with Crippen molar-refractivity contribution in [3.8, 4) is 6.07 Å². The highest BCUT2D eigenvalue weighted by molar-refractivity contribution is 5.47. The van der Waals surface area contributed by atoms with Gasteiger partial charge in [0.2, 0.25) is 0 Å². The topological polar surface area (TPSA) is 27.0 Å². The molecule has 92 valence electrons. The minimum absolute atomic E-state index is 0.176. The maximum atomic E-state index is 13.5. The minimum atomic E-state index is -0.604. The molecule has 1 atom stereocenters. The van der Waals surface area contributed by atoms with Crippen molar-refractivity contribution in [3.05, 3.63) is 29.8 Å². The molecule has 0 saturated heterocycles. The van der Waals surface area contributed by atoms with Crippen LogP contribution in [0.2, 0.25) is 0 Å². The molecule has 0 fully saturated rings. The third-order valence-corrected chi connectivity index (χ3v) is 2.76. The van der Waals surface area contributed by atoms with Gasteiger partial charge in [-0.3, -0.25) is 0 Å².